The van der Waals surface area contributed by atoms with Crippen molar-refractivity contribution in [3.63, 3.8) is 0 Å². The van der Waals surface area contributed by atoms with E-state index in [-0.39, 0.29) is 11.9 Å². The van der Waals surface area contributed by atoms with E-state index in [1.54, 1.807) is 6.07 Å². The van der Waals surface area contributed by atoms with Gasteiger partial charge in [0.15, 0.2) is 5.82 Å². The zero-order valence-electron chi connectivity index (χ0n) is 9.52. The highest BCUT2D eigenvalue weighted by molar-refractivity contribution is 5.20. The lowest BCUT2D eigenvalue weighted by Crippen LogP contribution is -2.21. The fourth-order valence-corrected chi connectivity index (χ4v) is 1.69. The van der Waals surface area contributed by atoms with E-state index in [0.29, 0.717) is 12.4 Å². The number of benzene rings is 1. The van der Waals surface area contributed by atoms with Crippen LogP contribution < -0.4 is 5.32 Å². The van der Waals surface area contributed by atoms with Gasteiger partial charge in [0, 0.05) is 6.04 Å². The third kappa shape index (κ3) is 3.07. The van der Waals surface area contributed by atoms with E-state index < -0.39 is 0 Å². The lowest BCUT2D eigenvalue weighted by molar-refractivity contribution is 0.504. The third-order valence-corrected chi connectivity index (χ3v) is 2.56. The van der Waals surface area contributed by atoms with Crippen LogP contribution in [0.25, 0.3) is 0 Å². The maximum Gasteiger partial charge on any atom is 0.188 e. The number of rotatable bonds is 5. The van der Waals surface area contributed by atoms with Crippen LogP contribution in [0, 0.1) is 5.82 Å². The van der Waals surface area contributed by atoms with Crippen LogP contribution in [-0.4, -0.2) is 20.6 Å². The quantitative estimate of drug-likeness (QED) is 0.825. The largest absolute Gasteiger partial charge is 0.303 e. The van der Waals surface area contributed by atoms with Gasteiger partial charge >= 0.3 is 0 Å². The van der Waals surface area contributed by atoms with Crippen molar-refractivity contribution in [2.24, 2.45) is 0 Å². The molecular formula is C11H14FN5. The molecule has 0 saturated heterocycles. The predicted molar refractivity (Wildman–Crippen MR) is 60.4 cm³/mol. The number of aromatic nitrogens is 4. The molecule has 0 spiro atoms. The molecule has 1 unspecified atom stereocenters. The minimum Gasteiger partial charge on any atom is -0.303 e. The van der Waals surface area contributed by atoms with Gasteiger partial charge in [-0.05, 0) is 24.1 Å². The van der Waals surface area contributed by atoms with Crippen LogP contribution in [0.4, 0.5) is 4.39 Å². The zero-order chi connectivity index (χ0) is 12.1. The van der Waals surface area contributed by atoms with Crippen LogP contribution >= 0.6 is 0 Å². The first-order valence-electron chi connectivity index (χ1n) is 5.50. The summed E-state index contributed by atoms with van der Waals surface area (Å²) >= 11 is 0. The molecule has 2 N–H and O–H groups in total. The van der Waals surface area contributed by atoms with Gasteiger partial charge in [-0.2, -0.15) is 5.21 Å². The number of hydrogen-bond acceptors (Lipinski definition) is 4. The van der Waals surface area contributed by atoms with Gasteiger partial charge in [0.1, 0.15) is 5.82 Å². The van der Waals surface area contributed by atoms with Gasteiger partial charge in [-0.3, -0.25) is 0 Å². The van der Waals surface area contributed by atoms with E-state index in [9.17, 15) is 4.39 Å². The molecule has 0 fully saturated rings. The number of nitrogens with zero attached hydrogens (tertiary/aromatic N) is 3. The molecule has 1 atom stereocenters. The molecule has 1 heterocycles. The molecular weight excluding hydrogens is 221 g/mol. The summed E-state index contributed by atoms with van der Waals surface area (Å²) in [7, 11) is 0. The van der Waals surface area contributed by atoms with Gasteiger partial charge in [0.05, 0.1) is 6.54 Å². The summed E-state index contributed by atoms with van der Waals surface area (Å²) in [6.07, 6.45) is 0.862. The van der Waals surface area contributed by atoms with Gasteiger partial charge in [0.25, 0.3) is 0 Å². The second kappa shape index (κ2) is 5.49. The van der Waals surface area contributed by atoms with Crippen molar-refractivity contribution in [1.29, 1.82) is 0 Å². The second-order valence-corrected chi connectivity index (χ2v) is 3.72. The fraction of sp³-hybridized carbons (Fsp3) is 0.364. The van der Waals surface area contributed by atoms with Crippen LogP contribution in [0.2, 0.25) is 0 Å². The van der Waals surface area contributed by atoms with E-state index >= 15 is 0 Å². The molecule has 0 amide bonds. The highest BCUT2D eigenvalue weighted by Gasteiger charge is 2.10. The Hall–Kier alpha value is -1.82. The van der Waals surface area contributed by atoms with Crippen molar-refractivity contribution in [2.45, 2.75) is 25.9 Å². The summed E-state index contributed by atoms with van der Waals surface area (Å²) < 4.78 is 13.1. The van der Waals surface area contributed by atoms with Crippen molar-refractivity contribution >= 4 is 0 Å². The topological polar surface area (TPSA) is 66.5 Å². The lowest BCUT2D eigenvalue weighted by atomic mass is 10.0. The summed E-state index contributed by atoms with van der Waals surface area (Å²) in [6.45, 7) is 2.55. The Balaban J connectivity index is 2.01. The van der Waals surface area contributed by atoms with Gasteiger partial charge in [0.2, 0.25) is 0 Å². The first-order valence-corrected chi connectivity index (χ1v) is 5.50. The van der Waals surface area contributed by atoms with E-state index in [1.807, 2.05) is 13.0 Å². The maximum absolute atomic E-state index is 13.1. The molecule has 1 aromatic carbocycles. The van der Waals surface area contributed by atoms with E-state index in [4.69, 9.17) is 0 Å². The molecule has 0 aliphatic heterocycles. The predicted octanol–water partition coefficient (Wildman–Crippen LogP) is 1.58. The zero-order valence-corrected chi connectivity index (χ0v) is 9.52. The molecule has 17 heavy (non-hydrogen) atoms. The molecule has 2 aromatic rings. The molecule has 90 valence electrons. The monoisotopic (exact) mass is 235 g/mol. The Labute approximate surface area is 98.4 Å². The van der Waals surface area contributed by atoms with Crippen LogP contribution in [0.3, 0.4) is 0 Å². The second-order valence-electron chi connectivity index (χ2n) is 3.72. The number of nitrogens with one attached hydrogen (secondary N) is 2. The normalized spacial score (nSPS) is 12.6. The van der Waals surface area contributed by atoms with Crippen LogP contribution in [0.15, 0.2) is 24.3 Å². The van der Waals surface area contributed by atoms with Crippen LogP contribution in [-0.2, 0) is 6.54 Å². The first-order chi connectivity index (χ1) is 8.29. The standard InChI is InChI=1S/C11H14FN5/c1-2-10(8-4-3-5-9(12)6-8)13-7-11-14-16-17-15-11/h3-6,10,13H,2,7H2,1H3,(H,14,15,16,17). The number of aromatic amines is 1. The SMILES string of the molecule is CCC(NCc1nn[nH]n1)c1cccc(F)c1. The fourth-order valence-electron chi connectivity index (χ4n) is 1.69. The Morgan fingerprint density at radius 1 is 1.47 bits per heavy atom. The Bertz CT molecular complexity index is 457. The van der Waals surface area contributed by atoms with Crippen molar-refractivity contribution in [3.05, 3.63) is 41.5 Å². The average Bonchev–Trinajstić information content (AvgIpc) is 2.83. The minimum absolute atomic E-state index is 0.0872. The minimum atomic E-state index is -0.220. The molecule has 0 aliphatic carbocycles. The smallest absolute Gasteiger partial charge is 0.188 e. The van der Waals surface area contributed by atoms with E-state index in [1.165, 1.54) is 12.1 Å². The highest BCUT2D eigenvalue weighted by atomic mass is 19.1. The van der Waals surface area contributed by atoms with Crippen molar-refractivity contribution < 1.29 is 4.39 Å². The lowest BCUT2D eigenvalue weighted by Gasteiger charge is -2.16. The molecule has 0 aliphatic rings. The number of halogens is 1. The highest BCUT2D eigenvalue weighted by Crippen LogP contribution is 2.17. The first kappa shape index (κ1) is 11.7. The average molecular weight is 235 g/mol. The van der Waals surface area contributed by atoms with Gasteiger partial charge in [-0.25, -0.2) is 4.39 Å². The molecule has 0 bridgehead atoms. The Morgan fingerprint density at radius 2 is 2.35 bits per heavy atom. The Morgan fingerprint density at radius 3 is 3.00 bits per heavy atom. The maximum atomic E-state index is 13.1. The van der Waals surface area contributed by atoms with Gasteiger partial charge in [-0.1, -0.05) is 24.3 Å². The summed E-state index contributed by atoms with van der Waals surface area (Å²) in [5.41, 5.74) is 0.927. The summed E-state index contributed by atoms with van der Waals surface area (Å²) in [4.78, 5) is 0. The van der Waals surface area contributed by atoms with Crippen LogP contribution in [0.1, 0.15) is 30.8 Å². The van der Waals surface area contributed by atoms with Crippen molar-refractivity contribution in [1.82, 2.24) is 25.9 Å². The third-order valence-electron chi connectivity index (χ3n) is 2.56. The molecule has 0 saturated carbocycles. The molecule has 6 heteroatoms. The molecule has 5 nitrogen and oxygen atoms in total. The Kier molecular flexibility index (Phi) is 3.77. The summed E-state index contributed by atoms with van der Waals surface area (Å²) in [6, 6.07) is 6.68. The van der Waals surface area contributed by atoms with Crippen LogP contribution in [0.5, 0.6) is 0 Å². The number of tetrazole rings is 1. The molecule has 1 aromatic heterocycles. The van der Waals surface area contributed by atoms with Gasteiger partial charge in [-0.15, -0.1) is 10.2 Å². The van der Waals surface area contributed by atoms with Gasteiger partial charge < -0.3 is 5.32 Å². The number of H-pyrrole nitrogens is 1. The summed E-state index contributed by atoms with van der Waals surface area (Å²) in [5, 5.41) is 16.8. The molecule has 2 rings (SSSR count). The van der Waals surface area contributed by atoms with E-state index in [0.717, 1.165) is 12.0 Å². The van der Waals surface area contributed by atoms with Crippen molar-refractivity contribution in [2.75, 3.05) is 0 Å². The van der Waals surface area contributed by atoms with Crippen molar-refractivity contribution in [3.8, 4) is 0 Å². The summed E-state index contributed by atoms with van der Waals surface area (Å²) in [5.74, 6) is 0.377. The van der Waals surface area contributed by atoms with E-state index in [2.05, 4.69) is 25.9 Å². The number of hydrogen-bond donors (Lipinski definition) is 2. The molecule has 0 radical (unpaired) electrons.